The van der Waals surface area contributed by atoms with Crippen LogP contribution in [0.15, 0.2) is 23.1 Å². The van der Waals surface area contributed by atoms with Crippen molar-refractivity contribution in [3.05, 3.63) is 33.7 Å². The molecule has 0 aromatic carbocycles. The molecule has 0 amide bonds. The van der Waals surface area contributed by atoms with E-state index in [0.717, 1.165) is 0 Å². The van der Waals surface area contributed by atoms with Crippen LogP contribution in [0.2, 0.25) is 5.02 Å². The fourth-order valence-corrected chi connectivity index (χ4v) is 1.84. The van der Waals surface area contributed by atoms with Gasteiger partial charge in [0.05, 0.1) is 11.7 Å². The molecule has 0 saturated carbocycles. The number of aromatic nitrogens is 2. The Bertz CT molecular complexity index is 768. The Kier molecular flexibility index (Phi) is 3.71. The number of hydrogen-bond acceptors (Lipinski definition) is 5. The minimum Gasteiger partial charge on any atom is -0.481 e. The first-order valence-electron chi connectivity index (χ1n) is 5.47. The number of nitrogens with zero attached hydrogens (tertiary/aromatic N) is 2. The summed E-state index contributed by atoms with van der Waals surface area (Å²) in [5.74, 6) is -2.38. The van der Waals surface area contributed by atoms with E-state index in [4.69, 9.17) is 21.4 Å². The topological polar surface area (TPSA) is 98.5 Å². The molecule has 20 heavy (non-hydrogen) atoms. The predicted octanol–water partition coefficient (Wildman–Crippen LogP) is 0.967. The Morgan fingerprint density at radius 1 is 1.45 bits per heavy atom. The summed E-state index contributed by atoms with van der Waals surface area (Å²) in [6.07, 6.45) is 0.457. The summed E-state index contributed by atoms with van der Waals surface area (Å²) in [6.45, 7) is 0. The molecule has 0 atom stereocenters. The summed E-state index contributed by atoms with van der Waals surface area (Å²) in [4.78, 5) is 37.5. The van der Waals surface area contributed by atoms with Gasteiger partial charge in [-0.2, -0.15) is 0 Å². The highest BCUT2D eigenvalue weighted by molar-refractivity contribution is 6.33. The van der Waals surface area contributed by atoms with Crippen molar-refractivity contribution in [3.8, 4) is 5.75 Å². The molecule has 0 aliphatic rings. The van der Waals surface area contributed by atoms with Gasteiger partial charge in [0.15, 0.2) is 5.75 Å². The molecule has 7 nitrogen and oxygen atoms in total. The van der Waals surface area contributed by atoms with Crippen molar-refractivity contribution >= 4 is 34.6 Å². The van der Waals surface area contributed by atoms with E-state index >= 15 is 0 Å². The lowest BCUT2D eigenvalue weighted by Crippen LogP contribution is -2.18. The molecule has 2 heterocycles. The van der Waals surface area contributed by atoms with Crippen LogP contribution in [0.5, 0.6) is 5.75 Å². The number of aryl methyl sites for hydroxylation is 1. The van der Waals surface area contributed by atoms with Crippen molar-refractivity contribution in [1.29, 1.82) is 0 Å². The van der Waals surface area contributed by atoms with Gasteiger partial charge in [0.25, 0.3) is 5.56 Å². The van der Waals surface area contributed by atoms with Crippen LogP contribution in [0.3, 0.4) is 0 Å². The SMILES string of the molecule is Cn1c(=O)ccc2ncc(Cl)c(OC(=O)CC(=O)O)c21. The average Bonchev–Trinajstić information content (AvgIpc) is 2.36. The van der Waals surface area contributed by atoms with Crippen molar-refractivity contribution in [2.75, 3.05) is 0 Å². The largest absolute Gasteiger partial charge is 0.481 e. The number of ether oxygens (including phenoxy) is 1. The number of esters is 1. The van der Waals surface area contributed by atoms with Crippen LogP contribution in [-0.2, 0) is 16.6 Å². The van der Waals surface area contributed by atoms with Crippen molar-refractivity contribution in [2.45, 2.75) is 6.42 Å². The second-order valence-electron chi connectivity index (χ2n) is 3.94. The van der Waals surface area contributed by atoms with E-state index in [-0.39, 0.29) is 21.8 Å². The minimum atomic E-state index is -1.32. The van der Waals surface area contributed by atoms with Gasteiger partial charge in [-0.3, -0.25) is 19.4 Å². The number of hydrogen-bond donors (Lipinski definition) is 1. The Labute approximate surface area is 117 Å². The molecule has 104 valence electrons. The zero-order valence-corrected chi connectivity index (χ0v) is 11.0. The molecule has 2 rings (SSSR count). The third-order valence-corrected chi connectivity index (χ3v) is 2.82. The van der Waals surface area contributed by atoms with E-state index in [0.29, 0.717) is 5.52 Å². The van der Waals surface area contributed by atoms with E-state index in [1.807, 2.05) is 0 Å². The summed E-state index contributed by atoms with van der Waals surface area (Å²) < 4.78 is 6.17. The van der Waals surface area contributed by atoms with E-state index in [1.54, 1.807) is 0 Å². The maximum Gasteiger partial charge on any atom is 0.322 e. The number of fused-ring (bicyclic) bond motifs is 1. The number of carbonyl (C=O) groups excluding carboxylic acids is 1. The molecule has 0 bridgehead atoms. The molecule has 1 N–H and O–H groups in total. The van der Waals surface area contributed by atoms with Crippen molar-refractivity contribution < 1.29 is 19.4 Å². The Morgan fingerprint density at radius 2 is 2.15 bits per heavy atom. The predicted molar refractivity (Wildman–Crippen MR) is 69.9 cm³/mol. The van der Waals surface area contributed by atoms with Gasteiger partial charge in [-0.25, -0.2) is 0 Å². The summed E-state index contributed by atoms with van der Waals surface area (Å²) in [5, 5.41) is 8.55. The van der Waals surface area contributed by atoms with Crippen LogP contribution >= 0.6 is 11.6 Å². The highest BCUT2D eigenvalue weighted by atomic mass is 35.5. The molecule has 2 aromatic heterocycles. The third kappa shape index (κ3) is 2.62. The molecular weight excluding hydrogens is 288 g/mol. The van der Waals surface area contributed by atoms with Crippen LogP contribution in [-0.4, -0.2) is 26.6 Å². The van der Waals surface area contributed by atoms with Crippen molar-refractivity contribution in [3.63, 3.8) is 0 Å². The fourth-order valence-electron chi connectivity index (χ4n) is 1.66. The number of halogens is 1. The fraction of sp³-hybridized carbons (Fsp3) is 0.167. The van der Waals surface area contributed by atoms with Crippen LogP contribution in [0, 0.1) is 0 Å². The highest BCUT2D eigenvalue weighted by Gasteiger charge is 2.17. The maximum atomic E-state index is 11.6. The van der Waals surface area contributed by atoms with E-state index in [9.17, 15) is 14.4 Å². The van der Waals surface area contributed by atoms with Crippen LogP contribution in [0.25, 0.3) is 11.0 Å². The first-order valence-corrected chi connectivity index (χ1v) is 5.84. The maximum absolute atomic E-state index is 11.6. The van der Waals surface area contributed by atoms with Gasteiger partial charge in [0, 0.05) is 13.1 Å². The lowest BCUT2D eigenvalue weighted by atomic mass is 10.3. The van der Waals surface area contributed by atoms with E-state index in [2.05, 4.69) is 4.98 Å². The first kappa shape index (κ1) is 14.0. The monoisotopic (exact) mass is 296 g/mol. The van der Waals surface area contributed by atoms with Crippen molar-refractivity contribution in [1.82, 2.24) is 9.55 Å². The number of carboxylic acids is 1. The molecule has 2 aromatic rings. The number of carbonyl (C=O) groups is 2. The smallest absolute Gasteiger partial charge is 0.322 e. The number of rotatable bonds is 3. The molecule has 0 spiro atoms. The van der Waals surface area contributed by atoms with Crippen molar-refractivity contribution in [2.24, 2.45) is 7.05 Å². The van der Waals surface area contributed by atoms with E-state index in [1.165, 1.54) is 29.9 Å². The van der Waals surface area contributed by atoms with Crippen LogP contribution in [0.1, 0.15) is 6.42 Å². The normalized spacial score (nSPS) is 10.5. The second-order valence-corrected chi connectivity index (χ2v) is 4.35. The number of aliphatic carboxylic acids is 1. The lowest BCUT2D eigenvalue weighted by Gasteiger charge is -2.11. The van der Waals surface area contributed by atoms with Crippen LogP contribution < -0.4 is 10.3 Å². The molecule has 0 aliphatic carbocycles. The van der Waals surface area contributed by atoms with E-state index < -0.39 is 18.4 Å². The molecular formula is C12H9ClN2O5. The first-order chi connectivity index (χ1) is 9.40. The minimum absolute atomic E-state index is 0.0115. The Morgan fingerprint density at radius 3 is 2.80 bits per heavy atom. The van der Waals surface area contributed by atoms with Gasteiger partial charge >= 0.3 is 11.9 Å². The van der Waals surface area contributed by atoms with Gasteiger partial charge in [-0.1, -0.05) is 11.6 Å². The zero-order chi connectivity index (χ0) is 14.9. The van der Waals surface area contributed by atoms with Crippen LogP contribution in [0.4, 0.5) is 0 Å². The molecule has 0 radical (unpaired) electrons. The summed E-state index contributed by atoms with van der Waals surface area (Å²) in [7, 11) is 1.47. The zero-order valence-electron chi connectivity index (χ0n) is 10.3. The Balaban J connectivity index is 2.59. The third-order valence-electron chi connectivity index (χ3n) is 2.55. The second kappa shape index (κ2) is 5.30. The highest BCUT2D eigenvalue weighted by Crippen LogP contribution is 2.31. The average molecular weight is 297 g/mol. The molecule has 8 heteroatoms. The number of carboxylic acid groups (broad SMARTS) is 1. The lowest BCUT2D eigenvalue weighted by molar-refractivity contribution is -0.145. The Hall–Kier alpha value is -2.41. The molecule has 0 unspecified atom stereocenters. The standard InChI is InChI=1S/C12H9ClN2O5/c1-15-8(16)3-2-7-11(15)12(6(13)5-14-7)20-10(19)4-9(17)18/h2-3,5H,4H2,1H3,(H,17,18). The van der Waals surface area contributed by atoms with Gasteiger partial charge in [0.2, 0.25) is 0 Å². The van der Waals surface area contributed by atoms with Gasteiger partial charge in [0.1, 0.15) is 17.0 Å². The van der Waals surface area contributed by atoms with Gasteiger partial charge < -0.3 is 14.4 Å². The summed E-state index contributed by atoms with van der Waals surface area (Å²) in [6, 6.07) is 2.77. The van der Waals surface area contributed by atoms with Gasteiger partial charge in [-0.15, -0.1) is 0 Å². The molecule has 0 aliphatic heterocycles. The number of pyridine rings is 2. The molecule has 0 fully saturated rings. The van der Waals surface area contributed by atoms with Gasteiger partial charge in [-0.05, 0) is 6.07 Å². The molecule has 0 saturated heterocycles. The summed E-state index contributed by atoms with van der Waals surface area (Å²) in [5.41, 5.74) is 0.287. The quantitative estimate of drug-likeness (QED) is 0.669. The summed E-state index contributed by atoms with van der Waals surface area (Å²) >= 11 is 5.91.